The van der Waals surface area contributed by atoms with E-state index in [2.05, 4.69) is 48.1 Å². The maximum Gasteiger partial charge on any atom is 0.162 e. The van der Waals surface area contributed by atoms with Gasteiger partial charge in [-0.05, 0) is 49.8 Å². The van der Waals surface area contributed by atoms with E-state index in [0.717, 1.165) is 53.6 Å². The van der Waals surface area contributed by atoms with Crippen LogP contribution < -0.4 is 0 Å². The zero-order chi connectivity index (χ0) is 27.8. The van der Waals surface area contributed by atoms with Crippen molar-refractivity contribution in [3.05, 3.63) is 59.8 Å². The summed E-state index contributed by atoms with van der Waals surface area (Å²) in [5, 5.41) is 11.0. The average Bonchev–Trinajstić information content (AvgIpc) is 3.50. The van der Waals surface area contributed by atoms with Crippen LogP contribution in [0.1, 0.15) is 78.4 Å². The molecule has 4 rings (SSSR count). The summed E-state index contributed by atoms with van der Waals surface area (Å²) in [5.41, 5.74) is 4.20. The second kappa shape index (κ2) is 15.4. The van der Waals surface area contributed by atoms with Gasteiger partial charge < -0.3 is 9.52 Å². The number of thiophene rings is 1. The summed E-state index contributed by atoms with van der Waals surface area (Å²) < 4.78 is 7.99. The first-order valence-electron chi connectivity index (χ1n) is 13.8. The van der Waals surface area contributed by atoms with Crippen LogP contribution in [0.15, 0.2) is 47.0 Å². The van der Waals surface area contributed by atoms with Crippen LogP contribution in [-0.2, 0) is 31.3 Å². The first-order chi connectivity index (χ1) is 18.2. The van der Waals surface area contributed by atoms with Gasteiger partial charge in [0.25, 0.3) is 0 Å². The number of nitrogens with zero attached hydrogens (tertiary/aromatic N) is 2. The van der Waals surface area contributed by atoms with Gasteiger partial charge in [-0.2, -0.15) is 0 Å². The Hall–Kier alpha value is -2.34. The molecule has 1 aromatic carbocycles. The Morgan fingerprint density at radius 3 is 2.28 bits per heavy atom. The molecule has 5 nitrogen and oxygen atoms in total. The molecule has 0 bridgehead atoms. The molecule has 0 aliphatic heterocycles. The number of fused-ring (bicyclic) bond motifs is 3. The predicted octanol–water partition coefficient (Wildman–Crippen LogP) is 9.28. The van der Waals surface area contributed by atoms with Gasteiger partial charge in [0.2, 0.25) is 0 Å². The van der Waals surface area contributed by atoms with Crippen molar-refractivity contribution in [2.75, 3.05) is 0 Å². The maximum atomic E-state index is 11.7. The van der Waals surface area contributed by atoms with E-state index in [0.29, 0.717) is 11.7 Å². The summed E-state index contributed by atoms with van der Waals surface area (Å²) in [4.78, 5) is 20.7. The van der Waals surface area contributed by atoms with Crippen molar-refractivity contribution in [3.8, 4) is 11.5 Å². The van der Waals surface area contributed by atoms with Gasteiger partial charge in [-0.1, -0.05) is 66.7 Å². The van der Waals surface area contributed by atoms with E-state index >= 15 is 0 Å². The Kier molecular flexibility index (Phi) is 13.0. The van der Waals surface area contributed by atoms with Crippen LogP contribution in [0.4, 0.5) is 0 Å². The topological polar surface area (TPSA) is 76.2 Å². The van der Waals surface area contributed by atoms with E-state index < -0.39 is 0 Å². The minimum atomic E-state index is 0. The molecule has 1 radical (unpaired) electrons. The second-order valence-electron chi connectivity index (χ2n) is 10.3. The molecular weight excluding hydrogens is 685 g/mol. The molecule has 4 aromatic rings. The average molecular weight is 726 g/mol. The number of hydrogen-bond donors (Lipinski definition) is 1. The third-order valence-electron chi connectivity index (χ3n) is 6.95. The second-order valence-corrected chi connectivity index (χ2v) is 11.3. The summed E-state index contributed by atoms with van der Waals surface area (Å²) >= 11 is 1.76. The maximum absolute atomic E-state index is 11.7. The van der Waals surface area contributed by atoms with Gasteiger partial charge in [0.05, 0.1) is 11.3 Å². The Morgan fingerprint density at radius 1 is 1.05 bits per heavy atom. The van der Waals surface area contributed by atoms with E-state index in [1.165, 1.54) is 21.7 Å². The van der Waals surface area contributed by atoms with Crippen molar-refractivity contribution in [1.82, 2.24) is 9.97 Å². The number of ketones is 1. The van der Waals surface area contributed by atoms with Crippen molar-refractivity contribution in [2.45, 2.75) is 80.6 Å². The van der Waals surface area contributed by atoms with Gasteiger partial charge in [0.1, 0.15) is 6.33 Å². The molecule has 0 atom stereocenters. The third-order valence-corrected chi connectivity index (χ3v) is 8.23. The molecule has 0 aliphatic rings. The molecule has 1 N–H and O–H groups in total. The molecule has 0 aliphatic carbocycles. The number of aromatic nitrogens is 2. The van der Waals surface area contributed by atoms with E-state index in [1.807, 2.05) is 34.6 Å². The fraction of sp³-hybridized carbons (Fsp3) is 0.469. The van der Waals surface area contributed by atoms with Crippen LogP contribution in [0.3, 0.4) is 0 Å². The van der Waals surface area contributed by atoms with Crippen LogP contribution in [-0.4, -0.2) is 20.9 Å². The molecule has 0 saturated carbocycles. The van der Waals surface area contributed by atoms with Crippen molar-refractivity contribution in [2.24, 2.45) is 17.8 Å². The van der Waals surface area contributed by atoms with E-state index in [-0.39, 0.29) is 43.5 Å². The summed E-state index contributed by atoms with van der Waals surface area (Å²) in [6.45, 7) is 14.5. The summed E-state index contributed by atoms with van der Waals surface area (Å²) in [7, 11) is 0. The molecule has 213 valence electrons. The van der Waals surface area contributed by atoms with Crippen LogP contribution in [0.2, 0.25) is 0 Å². The molecule has 0 saturated heterocycles. The molecule has 7 heteroatoms. The van der Waals surface area contributed by atoms with Crippen LogP contribution in [0.25, 0.3) is 31.8 Å². The molecular formula is C32H41IrN2O3S-. The smallest absolute Gasteiger partial charge is 0.162 e. The van der Waals surface area contributed by atoms with Gasteiger partial charge in [0.15, 0.2) is 5.78 Å². The van der Waals surface area contributed by atoms with E-state index in [1.54, 1.807) is 23.9 Å². The monoisotopic (exact) mass is 726 g/mol. The van der Waals surface area contributed by atoms with Gasteiger partial charge in [-0.15, -0.1) is 23.0 Å². The molecule has 3 aromatic heterocycles. The molecule has 0 unspecified atom stereocenters. The minimum absolute atomic E-state index is 0. The number of carbonyl (C=O) groups excluding carboxylic acids is 1. The van der Waals surface area contributed by atoms with E-state index in [4.69, 9.17) is 4.42 Å². The van der Waals surface area contributed by atoms with Crippen LogP contribution in [0.5, 0.6) is 0 Å². The zero-order valence-corrected chi connectivity index (χ0v) is 27.3. The fourth-order valence-electron chi connectivity index (χ4n) is 4.70. The standard InChI is InChI=1S/C19H17N2OS.C13H24O2.Ir/c1-11(2)7-13-5-4-6-14-16-19(23-18(13)14)17(21-10-20-16)15-8-12(3)9-22-15;1-5-10(6-2)12(14)9-13(15)11(7-3)8-4;/h4-6,9-11H,7H2,1-3H3;9-11,14H,5-8H2,1-4H3;/q-1;;/b;12-9-;. The number of carbonyl (C=O) groups is 1. The number of benzene rings is 1. The number of allylic oxidation sites excluding steroid dienone is 2. The third kappa shape index (κ3) is 8.09. The first kappa shape index (κ1) is 32.9. The van der Waals surface area contributed by atoms with Crippen molar-refractivity contribution in [3.63, 3.8) is 0 Å². The van der Waals surface area contributed by atoms with Crippen molar-refractivity contribution < 1.29 is 34.4 Å². The Bertz CT molecular complexity index is 1380. The number of rotatable bonds is 10. The Balaban J connectivity index is 0.000000294. The molecule has 3 heterocycles. The number of aryl methyl sites for hydroxylation is 1. The predicted molar refractivity (Wildman–Crippen MR) is 159 cm³/mol. The van der Waals surface area contributed by atoms with Crippen LogP contribution >= 0.6 is 11.3 Å². The summed E-state index contributed by atoms with van der Waals surface area (Å²) in [6.07, 6.45) is 9.30. The summed E-state index contributed by atoms with van der Waals surface area (Å²) in [5.74, 6) is 1.86. The van der Waals surface area contributed by atoms with Gasteiger partial charge in [-0.3, -0.25) is 9.78 Å². The molecule has 0 spiro atoms. The van der Waals surface area contributed by atoms with Gasteiger partial charge in [0, 0.05) is 64.3 Å². The van der Waals surface area contributed by atoms with Crippen molar-refractivity contribution in [1.29, 1.82) is 0 Å². The first-order valence-corrected chi connectivity index (χ1v) is 14.6. The number of furan rings is 1. The summed E-state index contributed by atoms with van der Waals surface area (Å²) in [6, 6.07) is 9.71. The van der Waals surface area contributed by atoms with Gasteiger partial charge >= 0.3 is 0 Å². The number of aliphatic hydroxyl groups is 1. The Morgan fingerprint density at radius 2 is 1.72 bits per heavy atom. The SMILES string of the molecule is CCC(CC)C(=O)/C=C(\O)C(CC)CC.Cc1[c-]c(-c2ncnc3c2sc2c(CC(C)C)cccc23)oc1.[Ir]. The Labute approximate surface area is 250 Å². The molecule has 0 amide bonds. The normalized spacial score (nSPS) is 11.8. The van der Waals surface area contributed by atoms with E-state index in [9.17, 15) is 9.90 Å². The quantitative estimate of drug-likeness (QED) is 0.100. The van der Waals surface area contributed by atoms with Crippen LogP contribution in [0, 0.1) is 30.7 Å². The zero-order valence-electron chi connectivity index (χ0n) is 24.1. The minimum Gasteiger partial charge on any atom is -0.545 e. The number of aliphatic hydroxyl groups excluding tert-OH is 1. The van der Waals surface area contributed by atoms with Crippen molar-refractivity contribution >= 4 is 37.4 Å². The molecule has 39 heavy (non-hydrogen) atoms. The number of hydrogen-bond acceptors (Lipinski definition) is 6. The van der Waals surface area contributed by atoms with Gasteiger partial charge in [-0.25, -0.2) is 4.98 Å². The largest absolute Gasteiger partial charge is 0.545 e. The molecule has 0 fully saturated rings. The fourth-order valence-corrected chi connectivity index (χ4v) is 5.96.